The van der Waals surface area contributed by atoms with Crippen LogP contribution in [-0.2, 0) is 21.4 Å². The molecule has 1 N–H and O–H groups in total. The van der Waals surface area contributed by atoms with Gasteiger partial charge in [-0.2, -0.15) is 0 Å². The lowest BCUT2D eigenvalue weighted by molar-refractivity contribution is -0.121. The van der Waals surface area contributed by atoms with Gasteiger partial charge in [-0.3, -0.25) is 4.79 Å². The Labute approximate surface area is 164 Å². The smallest absolute Gasteiger partial charge is 0.220 e. The normalized spacial score (nSPS) is 15.9. The van der Waals surface area contributed by atoms with Crippen LogP contribution in [0.2, 0.25) is 0 Å². The summed E-state index contributed by atoms with van der Waals surface area (Å²) in [5.41, 5.74) is 1.01. The van der Waals surface area contributed by atoms with E-state index in [0.717, 1.165) is 24.8 Å². The molecule has 0 atom stereocenters. The molecule has 2 heterocycles. The Balaban J connectivity index is 1.70. The van der Waals surface area contributed by atoms with Gasteiger partial charge in [0, 0.05) is 36.5 Å². The second-order valence-corrected chi connectivity index (χ2v) is 7.85. The third kappa shape index (κ3) is 4.82. The summed E-state index contributed by atoms with van der Waals surface area (Å²) in [4.78, 5) is 13.6. The molecule has 5 nitrogen and oxygen atoms in total. The maximum Gasteiger partial charge on any atom is 0.220 e. The number of amides is 1. The lowest BCUT2D eigenvalue weighted by Gasteiger charge is -2.38. The van der Waals surface area contributed by atoms with Crippen molar-refractivity contribution in [3.8, 4) is 11.5 Å². The largest absolute Gasteiger partial charge is 0.493 e. The van der Waals surface area contributed by atoms with Crippen molar-refractivity contribution in [3.05, 3.63) is 46.2 Å². The molecule has 1 fully saturated rings. The van der Waals surface area contributed by atoms with Gasteiger partial charge >= 0.3 is 0 Å². The average molecular weight is 390 g/mol. The number of hydrogen-bond acceptors (Lipinski definition) is 5. The van der Waals surface area contributed by atoms with Gasteiger partial charge in [0.05, 0.1) is 14.2 Å². The number of nitrogens with one attached hydrogen (secondary N) is 1. The number of carbonyl (C=O) groups is 1. The van der Waals surface area contributed by atoms with E-state index in [9.17, 15) is 4.79 Å². The molecule has 0 spiro atoms. The molecule has 0 aliphatic carbocycles. The van der Waals surface area contributed by atoms with Gasteiger partial charge < -0.3 is 19.5 Å². The van der Waals surface area contributed by atoms with Crippen molar-refractivity contribution in [2.24, 2.45) is 0 Å². The number of benzene rings is 1. The van der Waals surface area contributed by atoms with E-state index in [-0.39, 0.29) is 11.3 Å². The highest BCUT2D eigenvalue weighted by Crippen LogP contribution is 2.38. The molecule has 2 aromatic rings. The van der Waals surface area contributed by atoms with Crippen molar-refractivity contribution in [2.75, 3.05) is 34.0 Å². The second-order valence-electron chi connectivity index (χ2n) is 6.82. The molecule has 146 valence electrons. The van der Waals surface area contributed by atoms with Crippen molar-refractivity contribution in [2.45, 2.75) is 31.1 Å². The third-order valence-corrected chi connectivity index (χ3v) is 6.18. The van der Waals surface area contributed by atoms with E-state index in [1.807, 2.05) is 23.6 Å². The number of aryl methyl sites for hydroxylation is 1. The van der Waals surface area contributed by atoms with Crippen LogP contribution in [0.15, 0.2) is 35.7 Å². The summed E-state index contributed by atoms with van der Waals surface area (Å²) in [5.74, 6) is 1.52. The van der Waals surface area contributed by atoms with E-state index in [1.54, 1.807) is 25.6 Å². The number of methoxy groups -OCH3 is 2. The minimum atomic E-state index is -0.142. The molecule has 0 saturated carbocycles. The van der Waals surface area contributed by atoms with Crippen LogP contribution >= 0.6 is 11.3 Å². The Hall–Kier alpha value is -2.05. The zero-order valence-corrected chi connectivity index (χ0v) is 16.8. The molecule has 1 aromatic carbocycles. The first kappa shape index (κ1) is 19.7. The highest BCUT2D eigenvalue weighted by atomic mass is 32.1. The van der Waals surface area contributed by atoms with Gasteiger partial charge in [0.15, 0.2) is 11.5 Å². The monoisotopic (exact) mass is 389 g/mol. The van der Waals surface area contributed by atoms with Crippen molar-refractivity contribution >= 4 is 17.2 Å². The molecule has 0 radical (unpaired) electrons. The van der Waals surface area contributed by atoms with E-state index in [0.29, 0.717) is 37.7 Å². The summed E-state index contributed by atoms with van der Waals surface area (Å²) in [6.45, 7) is 1.99. The lowest BCUT2D eigenvalue weighted by Crippen LogP contribution is -2.44. The fourth-order valence-electron chi connectivity index (χ4n) is 3.54. The van der Waals surface area contributed by atoms with E-state index < -0.39 is 0 Å². The van der Waals surface area contributed by atoms with Crippen molar-refractivity contribution < 1.29 is 19.0 Å². The fraction of sp³-hybridized carbons (Fsp3) is 0.476. The van der Waals surface area contributed by atoms with E-state index in [1.165, 1.54) is 4.88 Å². The summed E-state index contributed by atoms with van der Waals surface area (Å²) in [5, 5.41) is 5.20. The Morgan fingerprint density at radius 1 is 1.19 bits per heavy atom. The van der Waals surface area contributed by atoms with Crippen LogP contribution < -0.4 is 14.8 Å². The minimum Gasteiger partial charge on any atom is -0.493 e. The molecule has 1 aliphatic rings. The molecule has 27 heavy (non-hydrogen) atoms. The summed E-state index contributed by atoms with van der Waals surface area (Å²) in [7, 11) is 3.28. The quantitative estimate of drug-likeness (QED) is 0.750. The maximum absolute atomic E-state index is 12.4. The second kappa shape index (κ2) is 9.24. The number of hydrogen-bond donors (Lipinski definition) is 1. The van der Waals surface area contributed by atoms with Gasteiger partial charge in [0.2, 0.25) is 5.91 Å². The van der Waals surface area contributed by atoms with Crippen LogP contribution in [0.25, 0.3) is 0 Å². The third-order valence-electron chi connectivity index (χ3n) is 5.25. The molecule has 3 rings (SSSR count). The first-order valence-electron chi connectivity index (χ1n) is 9.26. The maximum atomic E-state index is 12.4. The zero-order valence-electron chi connectivity index (χ0n) is 16.0. The Kier molecular flexibility index (Phi) is 6.74. The average Bonchev–Trinajstić information content (AvgIpc) is 3.24. The summed E-state index contributed by atoms with van der Waals surface area (Å²) in [6, 6.07) is 10.1. The van der Waals surface area contributed by atoms with Crippen LogP contribution in [0.5, 0.6) is 11.5 Å². The molecule has 1 aromatic heterocycles. The van der Waals surface area contributed by atoms with Gasteiger partial charge in [-0.15, -0.1) is 11.3 Å². The van der Waals surface area contributed by atoms with Gasteiger partial charge in [0.1, 0.15) is 0 Å². The summed E-state index contributed by atoms with van der Waals surface area (Å²) < 4.78 is 16.4. The van der Waals surface area contributed by atoms with Gasteiger partial charge in [-0.05, 0) is 48.4 Å². The molecule has 1 aliphatic heterocycles. The van der Waals surface area contributed by atoms with E-state index in [4.69, 9.17) is 14.2 Å². The number of ether oxygens (including phenoxy) is 3. The van der Waals surface area contributed by atoms with Gasteiger partial charge in [-0.25, -0.2) is 0 Å². The molecule has 0 unspecified atom stereocenters. The van der Waals surface area contributed by atoms with Crippen LogP contribution in [-0.4, -0.2) is 39.9 Å². The first-order valence-corrected chi connectivity index (χ1v) is 10.1. The van der Waals surface area contributed by atoms with Crippen molar-refractivity contribution in [1.82, 2.24) is 5.32 Å². The predicted octanol–water partition coefficient (Wildman–Crippen LogP) is 3.56. The van der Waals surface area contributed by atoms with E-state index in [2.05, 4.69) is 17.4 Å². The van der Waals surface area contributed by atoms with Gasteiger partial charge in [-0.1, -0.05) is 12.1 Å². The topological polar surface area (TPSA) is 56.8 Å². The minimum absolute atomic E-state index is 0.0924. The first-order chi connectivity index (χ1) is 13.2. The zero-order chi connectivity index (χ0) is 19.1. The van der Waals surface area contributed by atoms with Crippen LogP contribution in [0.3, 0.4) is 0 Å². The van der Waals surface area contributed by atoms with Crippen LogP contribution in [0.1, 0.15) is 29.7 Å². The number of thiophene rings is 1. The number of rotatable bonds is 8. The highest BCUT2D eigenvalue weighted by molar-refractivity contribution is 7.09. The predicted molar refractivity (Wildman–Crippen MR) is 107 cm³/mol. The van der Waals surface area contributed by atoms with E-state index >= 15 is 0 Å². The Bertz CT molecular complexity index is 739. The van der Waals surface area contributed by atoms with Crippen LogP contribution in [0.4, 0.5) is 0 Å². The molecule has 1 amide bonds. The molecule has 0 bridgehead atoms. The van der Waals surface area contributed by atoms with Gasteiger partial charge in [0.25, 0.3) is 0 Å². The van der Waals surface area contributed by atoms with Crippen LogP contribution in [0, 0.1) is 0 Å². The van der Waals surface area contributed by atoms with Crippen molar-refractivity contribution in [3.63, 3.8) is 0 Å². The lowest BCUT2D eigenvalue weighted by atomic mass is 9.74. The summed E-state index contributed by atoms with van der Waals surface area (Å²) in [6.07, 6.45) is 3.04. The molecule has 6 heteroatoms. The molecular weight excluding hydrogens is 362 g/mol. The molecular formula is C21H27NO4S. The van der Waals surface area contributed by atoms with Crippen molar-refractivity contribution in [1.29, 1.82) is 0 Å². The number of carbonyl (C=O) groups excluding carboxylic acids is 1. The fourth-order valence-corrected chi connectivity index (χ4v) is 4.25. The highest BCUT2D eigenvalue weighted by Gasteiger charge is 2.35. The molecule has 1 saturated heterocycles. The standard InChI is InChI=1S/C21H27NO4S/c1-24-18-7-5-16(14-19(18)25-2)21(9-11-26-12-10-21)15-22-20(23)8-6-17-4-3-13-27-17/h3-5,7,13-14H,6,8-12,15H2,1-2H3,(H,22,23). The Morgan fingerprint density at radius 3 is 2.63 bits per heavy atom. The Morgan fingerprint density at radius 2 is 1.96 bits per heavy atom. The SMILES string of the molecule is COc1ccc(C2(CNC(=O)CCc3cccs3)CCOCC2)cc1OC. The summed E-state index contributed by atoms with van der Waals surface area (Å²) >= 11 is 1.69.